The second kappa shape index (κ2) is 4.29. The highest BCUT2D eigenvalue weighted by Crippen LogP contribution is 2.46. The number of aliphatic hydroxyl groups excluding tert-OH is 2. The average molecular weight is 262 g/mol. The number of hydrogen-bond donors (Lipinski definition) is 3. The molecule has 1 heterocycles. The predicted octanol–water partition coefficient (Wildman–Crippen LogP) is -0.914. The molecule has 3 atom stereocenters. The SMILES string of the molecule is O=c1ccn([C@@H]2C[C@H](CO)[C@@H](O)C2(F)F)c(=O)[nH]1. The number of rotatable bonds is 2. The fraction of sp³-hybridized carbons (Fsp3) is 0.600. The summed E-state index contributed by atoms with van der Waals surface area (Å²) in [5.74, 6) is -4.53. The number of nitrogens with one attached hydrogen (secondary N) is 1. The van der Waals surface area contributed by atoms with E-state index in [0.29, 0.717) is 4.57 Å². The zero-order chi connectivity index (χ0) is 13.5. The summed E-state index contributed by atoms with van der Waals surface area (Å²) in [6.45, 7) is -0.592. The van der Waals surface area contributed by atoms with Gasteiger partial charge in [0.15, 0.2) is 0 Å². The van der Waals surface area contributed by atoms with E-state index in [1.54, 1.807) is 0 Å². The fourth-order valence-corrected chi connectivity index (χ4v) is 2.23. The first kappa shape index (κ1) is 12.9. The molecule has 0 saturated heterocycles. The van der Waals surface area contributed by atoms with Crippen LogP contribution < -0.4 is 11.2 Å². The van der Waals surface area contributed by atoms with Crippen LogP contribution in [0.1, 0.15) is 12.5 Å². The van der Waals surface area contributed by atoms with Crippen LogP contribution >= 0.6 is 0 Å². The van der Waals surface area contributed by atoms with E-state index in [0.717, 1.165) is 12.3 Å². The van der Waals surface area contributed by atoms with E-state index in [-0.39, 0.29) is 6.42 Å². The fourth-order valence-electron chi connectivity index (χ4n) is 2.23. The minimum absolute atomic E-state index is 0.239. The van der Waals surface area contributed by atoms with Gasteiger partial charge in [0.25, 0.3) is 11.5 Å². The van der Waals surface area contributed by atoms with E-state index in [9.17, 15) is 23.5 Å². The Morgan fingerprint density at radius 2 is 2.17 bits per heavy atom. The third-order valence-corrected chi connectivity index (χ3v) is 3.23. The molecule has 18 heavy (non-hydrogen) atoms. The topological polar surface area (TPSA) is 95.3 Å². The Bertz CT molecular complexity index is 553. The molecular formula is C10H12F2N2O4. The van der Waals surface area contributed by atoms with Gasteiger partial charge in [-0.25, -0.2) is 13.6 Å². The normalized spacial score (nSPS) is 30.6. The lowest BCUT2D eigenvalue weighted by Gasteiger charge is -2.23. The Morgan fingerprint density at radius 1 is 1.50 bits per heavy atom. The Balaban J connectivity index is 2.45. The third-order valence-electron chi connectivity index (χ3n) is 3.23. The molecule has 1 aliphatic carbocycles. The molecule has 0 spiro atoms. The maximum atomic E-state index is 13.8. The maximum absolute atomic E-state index is 13.8. The molecule has 0 unspecified atom stereocenters. The van der Waals surface area contributed by atoms with Gasteiger partial charge in [-0.05, 0) is 6.42 Å². The summed E-state index contributed by atoms with van der Waals surface area (Å²) in [5, 5.41) is 18.3. The highest BCUT2D eigenvalue weighted by molar-refractivity contribution is 5.02. The minimum Gasteiger partial charge on any atom is -0.396 e. The smallest absolute Gasteiger partial charge is 0.328 e. The van der Waals surface area contributed by atoms with E-state index in [4.69, 9.17) is 5.11 Å². The number of halogens is 2. The molecule has 2 rings (SSSR count). The number of hydrogen-bond acceptors (Lipinski definition) is 4. The van der Waals surface area contributed by atoms with Gasteiger partial charge in [-0.2, -0.15) is 0 Å². The number of aromatic nitrogens is 2. The monoisotopic (exact) mass is 262 g/mol. The predicted molar refractivity (Wildman–Crippen MR) is 56.5 cm³/mol. The van der Waals surface area contributed by atoms with Gasteiger partial charge in [0.2, 0.25) is 0 Å². The zero-order valence-electron chi connectivity index (χ0n) is 9.22. The highest BCUT2D eigenvalue weighted by Gasteiger charge is 2.57. The second-order valence-corrected chi connectivity index (χ2v) is 4.33. The molecule has 1 aromatic rings. The second-order valence-electron chi connectivity index (χ2n) is 4.33. The zero-order valence-corrected chi connectivity index (χ0v) is 9.22. The van der Waals surface area contributed by atoms with Crippen molar-refractivity contribution >= 4 is 0 Å². The third kappa shape index (κ3) is 1.87. The van der Waals surface area contributed by atoms with Gasteiger partial charge in [-0.15, -0.1) is 0 Å². The van der Waals surface area contributed by atoms with E-state index in [1.165, 1.54) is 0 Å². The van der Waals surface area contributed by atoms with Gasteiger partial charge in [0.1, 0.15) is 12.1 Å². The molecule has 1 aliphatic rings. The first-order chi connectivity index (χ1) is 8.37. The van der Waals surface area contributed by atoms with Crippen LogP contribution in [0.4, 0.5) is 8.78 Å². The van der Waals surface area contributed by atoms with Gasteiger partial charge in [0, 0.05) is 24.8 Å². The van der Waals surface area contributed by atoms with E-state index < -0.39 is 41.8 Å². The lowest BCUT2D eigenvalue weighted by atomic mass is 10.1. The van der Waals surface area contributed by atoms with E-state index in [2.05, 4.69) is 0 Å². The van der Waals surface area contributed by atoms with Crippen LogP contribution in [0, 0.1) is 5.92 Å². The van der Waals surface area contributed by atoms with Gasteiger partial charge in [-0.3, -0.25) is 14.3 Å². The Labute approximate surface area is 99.5 Å². The molecule has 0 bridgehead atoms. The van der Waals surface area contributed by atoms with Crippen LogP contribution in [0.25, 0.3) is 0 Å². The molecule has 100 valence electrons. The van der Waals surface area contributed by atoms with Crippen LogP contribution in [0.2, 0.25) is 0 Å². The van der Waals surface area contributed by atoms with Crippen molar-refractivity contribution in [3.05, 3.63) is 33.1 Å². The Hall–Kier alpha value is -1.54. The number of aliphatic hydroxyl groups is 2. The molecule has 0 aliphatic heterocycles. The molecule has 1 aromatic heterocycles. The van der Waals surface area contributed by atoms with Crippen LogP contribution in [0.5, 0.6) is 0 Å². The summed E-state index contributed by atoms with van der Waals surface area (Å²) in [6, 6.07) is -0.621. The largest absolute Gasteiger partial charge is 0.396 e. The van der Waals surface area contributed by atoms with Gasteiger partial charge in [0.05, 0.1) is 0 Å². The van der Waals surface area contributed by atoms with Crippen molar-refractivity contribution in [2.45, 2.75) is 24.5 Å². The molecule has 3 N–H and O–H groups in total. The lowest BCUT2D eigenvalue weighted by Crippen LogP contribution is -2.41. The number of aromatic amines is 1. The van der Waals surface area contributed by atoms with Crippen molar-refractivity contribution in [3.8, 4) is 0 Å². The average Bonchev–Trinajstić information content (AvgIpc) is 2.52. The van der Waals surface area contributed by atoms with E-state index >= 15 is 0 Å². The van der Waals surface area contributed by atoms with Crippen LogP contribution in [-0.2, 0) is 0 Å². The summed E-state index contributed by atoms with van der Waals surface area (Å²) in [4.78, 5) is 24.2. The summed E-state index contributed by atoms with van der Waals surface area (Å²) in [5.41, 5.74) is -1.64. The van der Waals surface area contributed by atoms with Crippen LogP contribution in [-0.4, -0.2) is 38.4 Å². The quantitative estimate of drug-likeness (QED) is 0.642. The summed E-state index contributed by atoms with van der Waals surface area (Å²) in [7, 11) is 0. The molecular weight excluding hydrogens is 250 g/mol. The summed E-state index contributed by atoms with van der Waals surface area (Å²) < 4.78 is 28.3. The van der Waals surface area contributed by atoms with Crippen molar-refractivity contribution in [3.63, 3.8) is 0 Å². The first-order valence-corrected chi connectivity index (χ1v) is 5.36. The van der Waals surface area contributed by atoms with Gasteiger partial charge >= 0.3 is 5.69 Å². The maximum Gasteiger partial charge on any atom is 0.328 e. The number of H-pyrrole nitrogens is 1. The molecule has 0 radical (unpaired) electrons. The standard InChI is InChI=1S/C10H12F2N2O4/c11-10(12)6(3-5(4-15)8(10)17)14-2-1-7(16)13-9(14)18/h1-2,5-6,8,15,17H,3-4H2,(H,13,16,18)/t5-,6-,8-/m1/s1. The van der Waals surface area contributed by atoms with Crippen molar-refractivity contribution in [2.24, 2.45) is 5.92 Å². The van der Waals surface area contributed by atoms with Crippen molar-refractivity contribution < 1.29 is 19.0 Å². The molecule has 1 saturated carbocycles. The van der Waals surface area contributed by atoms with Crippen molar-refractivity contribution in [1.29, 1.82) is 0 Å². The van der Waals surface area contributed by atoms with E-state index in [1.807, 2.05) is 4.98 Å². The molecule has 8 heteroatoms. The van der Waals surface area contributed by atoms with Crippen LogP contribution in [0.3, 0.4) is 0 Å². The van der Waals surface area contributed by atoms with Crippen LogP contribution in [0.15, 0.2) is 21.9 Å². The lowest BCUT2D eigenvalue weighted by molar-refractivity contribution is -0.123. The molecule has 0 aromatic carbocycles. The summed E-state index contributed by atoms with van der Waals surface area (Å²) in [6.07, 6.45) is -1.28. The highest BCUT2D eigenvalue weighted by atomic mass is 19.3. The molecule has 0 amide bonds. The number of alkyl halides is 2. The molecule has 1 fully saturated rings. The first-order valence-electron chi connectivity index (χ1n) is 5.36. The Kier molecular flexibility index (Phi) is 3.07. The van der Waals surface area contributed by atoms with Gasteiger partial charge in [-0.1, -0.05) is 0 Å². The Morgan fingerprint density at radius 3 is 2.67 bits per heavy atom. The van der Waals surface area contributed by atoms with Gasteiger partial charge < -0.3 is 10.2 Å². The summed E-state index contributed by atoms with van der Waals surface area (Å²) >= 11 is 0. The van der Waals surface area contributed by atoms with Crippen molar-refractivity contribution in [1.82, 2.24) is 9.55 Å². The van der Waals surface area contributed by atoms with Crippen molar-refractivity contribution in [2.75, 3.05) is 6.61 Å². The molecule has 6 nitrogen and oxygen atoms in total. The minimum atomic E-state index is -3.53. The number of nitrogens with zero attached hydrogens (tertiary/aromatic N) is 1.